The zero-order chi connectivity index (χ0) is 24.5. The first-order chi connectivity index (χ1) is 17.2. The predicted octanol–water partition coefficient (Wildman–Crippen LogP) is 7.68. The Morgan fingerprint density at radius 2 is 1.66 bits per heavy atom. The van der Waals surface area contributed by atoms with Crippen LogP contribution in [0.3, 0.4) is 0 Å². The van der Waals surface area contributed by atoms with Gasteiger partial charge in [0, 0.05) is 5.56 Å². The van der Waals surface area contributed by atoms with Crippen molar-refractivity contribution in [3.8, 4) is 28.1 Å². The smallest absolute Gasteiger partial charge is 0.156 e. The van der Waals surface area contributed by atoms with Gasteiger partial charge in [0.25, 0.3) is 0 Å². The van der Waals surface area contributed by atoms with E-state index in [1.165, 1.54) is 78.0 Å². The van der Waals surface area contributed by atoms with Crippen molar-refractivity contribution >= 4 is 6.08 Å². The minimum Gasteiger partial charge on any atom is -0.494 e. The number of aromatic nitrogens is 1. The normalized spacial score (nSPS) is 12.1. The minimum atomic E-state index is 0.787. The maximum atomic E-state index is 6.11. The molecule has 0 aliphatic heterocycles. The van der Waals surface area contributed by atoms with Crippen molar-refractivity contribution in [1.82, 2.24) is 0 Å². The number of unbranched alkanes of at least 4 members (excludes halogenated alkanes) is 7. The molecule has 2 heteroatoms. The highest BCUT2D eigenvalue weighted by Crippen LogP contribution is 2.31. The molecule has 1 heterocycles. The van der Waals surface area contributed by atoms with Crippen molar-refractivity contribution in [2.45, 2.75) is 65.2 Å². The number of allylic oxidation sites excluding steroid dienone is 2. The molecule has 0 spiro atoms. The van der Waals surface area contributed by atoms with Crippen molar-refractivity contribution in [3.63, 3.8) is 0 Å². The second-order valence-corrected chi connectivity index (χ2v) is 9.60. The molecule has 35 heavy (non-hydrogen) atoms. The highest BCUT2D eigenvalue weighted by Gasteiger charge is 2.13. The van der Waals surface area contributed by atoms with Crippen LogP contribution in [0.1, 0.15) is 69.4 Å². The number of ether oxygens (including phenoxy) is 1. The molecule has 2 aromatic carbocycles. The Bertz CT molecular complexity index is 1270. The van der Waals surface area contributed by atoms with E-state index >= 15 is 0 Å². The van der Waals surface area contributed by atoms with Gasteiger partial charge in [-0.1, -0.05) is 86.9 Å². The summed E-state index contributed by atoms with van der Waals surface area (Å²) in [5.41, 5.74) is 7.17. The van der Waals surface area contributed by atoms with Gasteiger partial charge in [-0.05, 0) is 54.3 Å². The molecular formula is C33H39NO. The number of aryl methyl sites for hydroxylation is 1. The fourth-order valence-corrected chi connectivity index (χ4v) is 4.81. The fraction of sp³-hybridized carbons (Fsp3) is 0.333. The first-order valence-corrected chi connectivity index (χ1v) is 13.3. The van der Waals surface area contributed by atoms with Crippen molar-refractivity contribution < 1.29 is 8.98 Å². The number of hydrogen-bond acceptors (Lipinski definition) is 1. The number of rotatable bonds is 12. The lowest BCUT2D eigenvalue weighted by molar-refractivity contribution is -0.486. The van der Waals surface area contributed by atoms with E-state index in [9.17, 15) is 0 Å². The summed E-state index contributed by atoms with van der Waals surface area (Å²) in [6.45, 7) is 9.50. The van der Waals surface area contributed by atoms with Crippen LogP contribution >= 0.6 is 0 Å². The molecule has 0 N–H and O–H groups in total. The maximum absolute atomic E-state index is 6.11. The molecule has 1 aromatic heterocycles. The van der Waals surface area contributed by atoms with Crippen LogP contribution in [0, 0.1) is 20.1 Å². The van der Waals surface area contributed by atoms with Crippen LogP contribution in [-0.2, 0) is 0 Å². The molecular weight excluding hydrogens is 426 g/mol. The van der Waals surface area contributed by atoms with Gasteiger partial charge in [0.1, 0.15) is 18.2 Å². The van der Waals surface area contributed by atoms with Gasteiger partial charge < -0.3 is 4.74 Å². The zero-order valence-electron chi connectivity index (χ0n) is 21.4. The fourth-order valence-electron chi connectivity index (χ4n) is 4.81. The number of benzene rings is 2. The first kappa shape index (κ1) is 24.9. The third-order valence-corrected chi connectivity index (χ3v) is 6.86. The highest BCUT2D eigenvalue weighted by molar-refractivity contribution is 5.76. The lowest BCUT2D eigenvalue weighted by Gasteiger charge is -2.17. The molecule has 0 atom stereocenters. The van der Waals surface area contributed by atoms with E-state index in [-0.39, 0.29) is 0 Å². The highest BCUT2D eigenvalue weighted by atomic mass is 16.5. The van der Waals surface area contributed by atoms with E-state index in [0.29, 0.717) is 0 Å². The van der Waals surface area contributed by atoms with E-state index in [2.05, 4.69) is 93.7 Å². The summed E-state index contributed by atoms with van der Waals surface area (Å²) in [6, 6.07) is 17.3. The van der Waals surface area contributed by atoms with Gasteiger partial charge in [0.05, 0.1) is 6.61 Å². The summed E-state index contributed by atoms with van der Waals surface area (Å²) in [6.07, 6.45) is 21.1. The third-order valence-electron chi connectivity index (χ3n) is 6.86. The van der Waals surface area contributed by atoms with E-state index in [4.69, 9.17) is 4.74 Å². The lowest BCUT2D eigenvalue weighted by atomic mass is 9.93. The maximum Gasteiger partial charge on any atom is 0.156 e. The minimum absolute atomic E-state index is 0.787. The Balaban J connectivity index is 1.45. The summed E-state index contributed by atoms with van der Waals surface area (Å²) in [5.74, 6) is 0.949. The summed E-state index contributed by atoms with van der Waals surface area (Å²) in [4.78, 5) is 0. The Morgan fingerprint density at radius 3 is 2.49 bits per heavy atom. The van der Waals surface area contributed by atoms with E-state index < -0.39 is 0 Å². The number of fused-ring (bicyclic) bond motifs is 1. The Kier molecular flexibility index (Phi) is 8.84. The van der Waals surface area contributed by atoms with Crippen LogP contribution in [0.2, 0.25) is 0 Å². The molecule has 0 saturated heterocycles. The van der Waals surface area contributed by atoms with Crippen LogP contribution in [0.25, 0.3) is 28.5 Å². The van der Waals surface area contributed by atoms with Gasteiger partial charge >= 0.3 is 0 Å². The molecule has 0 saturated carbocycles. The number of hydrogen-bond donors (Lipinski definition) is 0. The van der Waals surface area contributed by atoms with Crippen molar-refractivity contribution in [2.24, 2.45) is 0 Å². The van der Waals surface area contributed by atoms with Gasteiger partial charge in [-0.15, -0.1) is 24.6 Å². The van der Waals surface area contributed by atoms with Crippen molar-refractivity contribution in [2.75, 3.05) is 6.61 Å². The van der Waals surface area contributed by atoms with Crippen molar-refractivity contribution in [1.29, 1.82) is 0 Å². The molecule has 0 radical (unpaired) electrons. The average molecular weight is 466 g/mol. The third kappa shape index (κ3) is 6.45. The van der Waals surface area contributed by atoms with Gasteiger partial charge in [0.2, 0.25) is 0 Å². The Labute approximate surface area is 211 Å². The van der Waals surface area contributed by atoms with E-state index in [1.807, 2.05) is 10.4 Å². The SMILES string of the molecule is C=[n+]1ccc2c(c1-c1cc(-c3cccc(OCCCCCCCCCC)c3)ccc1C)[CH-]C=CC=2. The molecule has 182 valence electrons. The Morgan fingerprint density at radius 1 is 0.886 bits per heavy atom. The molecule has 0 fully saturated rings. The first-order valence-electron chi connectivity index (χ1n) is 13.3. The summed E-state index contributed by atoms with van der Waals surface area (Å²) >= 11 is 0. The molecule has 0 amide bonds. The topological polar surface area (TPSA) is 15.1 Å². The molecule has 0 unspecified atom stereocenters. The average Bonchev–Trinajstić information content (AvgIpc) is 2.88. The molecule has 1 aliphatic carbocycles. The largest absolute Gasteiger partial charge is 0.494 e. The van der Waals surface area contributed by atoms with Gasteiger partial charge in [-0.2, -0.15) is 0 Å². The second-order valence-electron chi connectivity index (χ2n) is 9.60. The molecule has 4 rings (SSSR count). The van der Waals surface area contributed by atoms with Crippen LogP contribution < -0.4 is 14.2 Å². The van der Waals surface area contributed by atoms with Crippen LogP contribution in [0.15, 0.2) is 66.9 Å². The molecule has 3 aromatic rings. The van der Waals surface area contributed by atoms with Crippen LogP contribution in [-0.4, -0.2) is 6.61 Å². The predicted molar refractivity (Wildman–Crippen MR) is 148 cm³/mol. The van der Waals surface area contributed by atoms with Gasteiger partial charge in [0.15, 0.2) is 6.20 Å². The van der Waals surface area contributed by atoms with Gasteiger partial charge in [-0.3, -0.25) is 0 Å². The lowest BCUT2D eigenvalue weighted by Crippen LogP contribution is -2.26. The standard InChI is InChI=1S/C33H39NO/c1-4-5-6-7-8-9-10-13-23-35-30-17-14-16-28(24-30)29-20-19-26(2)32(25-29)33-31-18-12-11-15-27(31)21-22-34(33)3/h11-12,14-22,24-25H,3-10,13,23H2,1-2H3. The molecule has 0 bridgehead atoms. The van der Waals surface area contributed by atoms with E-state index in [1.54, 1.807) is 0 Å². The van der Waals surface area contributed by atoms with Crippen molar-refractivity contribution in [3.05, 3.63) is 96.4 Å². The number of nitrogens with zero attached hydrogens (tertiary/aromatic N) is 1. The Hall–Kier alpha value is -3.26. The molecule has 1 aliphatic rings. The number of pyridine rings is 1. The zero-order valence-corrected chi connectivity index (χ0v) is 21.4. The van der Waals surface area contributed by atoms with Gasteiger partial charge in [-0.25, -0.2) is 4.24 Å². The molecule has 2 nitrogen and oxygen atoms in total. The van der Waals surface area contributed by atoms with Crippen LogP contribution in [0.4, 0.5) is 0 Å². The summed E-state index contributed by atoms with van der Waals surface area (Å²) < 4.78 is 8.10. The second kappa shape index (κ2) is 12.4. The monoisotopic (exact) mass is 465 g/mol. The quantitative estimate of drug-likeness (QED) is 0.152. The summed E-state index contributed by atoms with van der Waals surface area (Å²) in [7, 11) is 0. The summed E-state index contributed by atoms with van der Waals surface area (Å²) in [5, 5.41) is 1.23. The van der Waals surface area contributed by atoms with E-state index in [0.717, 1.165) is 24.5 Å². The van der Waals surface area contributed by atoms with Crippen LogP contribution in [0.5, 0.6) is 5.75 Å².